The highest BCUT2D eigenvalue weighted by Gasteiger charge is 2.00. The maximum atomic E-state index is 14.4. The molecule has 1 heteroatoms. The van der Waals surface area contributed by atoms with Gasteiger partial charge in [-0.1, -0.05) is 65.7 Å². The molecular formula is C28H23F. The summed E-state index contributed by atoms with van der Waals surface area (Å²) in [6, 6.07) is 21.0. The van der Waals surface area contributed by atoms with E-state index in [1.165, 1.54) is 17.2 Å². The molecule has 0 aliphatic rings. The van der Waals surface area contributed by atoms with Crippen LogP contribution in [-0.2, 0) is 6.42 Å². The maximum absolute atomic E-state index is 14.4. The Hall–Kier alpha value is -3.55. The smallest absolute Gasteiger partial charge is 0.140 e. The Bertz CT molecular complexity index is 1110. The average molecular weight is 378 g/mol. The zero-order chi connectivity index (χ0) is 20.5. The summed E-state index contributed by atoms with van der Waals surface area (Å²) in [5, 5.41) is 0. The van der Waals surface area contributed by atoms with Gasteiger partial charge in [0, 0.05) is 16.7 Å². The van der Waals surface area contributed by atoms with Gasteiger partial charge in [0.1, 0.15) is 5.82 Å². The molecular weight excluding hydrogens is 355 g/mol. The predicted octanol–water partition coefficient (Wildman–Crippen LogP) is 6.44. The van der Waals surface area contributed by atoms with Gasteiger partial charge in [-0.05, 0) is 74.7 Å². The van der Waals surface area contributed by atoms with E-state index < -0.39 is 0 Å². The van der Waals surface area contributed by atoms with Gasteiger partial charge >= 0.3 is 0 Å². The molecule has 0 saturated heterocycles. The lowest BCUT2D eigenvalue weighted by atomic mass is 10.1. The zero-order valence-electron chi connectivity index (χ0n) is 16.8. The highest BCUT2D eigenvalue weighted by molar-refractivity contribution is 5.49. The largest absolute Gasteiger partial charge is 0.206 e. The molecule has 3 rings (SSSR count). The number of halogens is 1. The van der Waals surface area contributed by atoms with Gasteiger partial charge in [0.05, 0.1) is 5.56 Å². The predicted molar refractivity (Wildman–Crippen MR) is 119 cm³/mol. The van der Waals surface area contributed by atoms with Crippen molar-refractivity contribution in [3.8, 4) is 23.7 Å². The molecule has 0 radical (unpaired) electrons. The lowest BCUT2D eigenvalue weighted by Crippen LogP contribution is -1.86. The van der Waals surface area contributed by atoms with E-state index in [2.05, 4.69) is 48.0 Å². The summed E-state index contributed by atoms with van der Waals surface area (Å²) in [7, 11) is 0. The van der Waals surface area contributed by atoms with Crippen molar-refractivity contribution in [2.45, 2.75) is 26.7 Å². The molecule has 0 heterocycles. The van der Waals surface area contributed by atoms with Crippen LogP contribution in [-0.4, -0.2) is 0 Å². The van der Waals surface area contributed by atoms with E-state index in [0.717, 1.165) is 24.0 Å². The van der Waals surface area contributed by atoms with Crippen molar-refractivity contribution in [3.05, 3.63) is 118 Å². The Labute approximate surface area is 173 Å². The fraction of sp³-hybridized carbons (Fsp3) is 0.143. The van der Waals surface area contributed by atoms with Crippen LogP contribution in [0.25, 0.3) is 0 Å². The molecule has 0 aliphatic heterocycles. The minimum atomic E-state index is -0.351. The molecule has 29 heavy (non-hydrogen) atoms. The van der Waals surface area contributed by atoms with Gasteiger partial charge in [-0.25, -0.2) is 4.39 Å². The minimum Gasteiger partial charge on any atom is -0.206 e. The van der Waals surface area contributed by atoms with Crippen LogP contribution < -0.4 is 0 Å². The first-order valence-corrected chi connectivity index (χ1v) is 9.74. The third-order valence-electron chi connectivity index (χ3n) is 4.50. The number of allylic oxidation sites excluding steroid dienone is 2. The molecule has 3 aromatic rings. The molecule has 0 N–H and O–H groups in total. The van der Waals surface area contributed by atoms with Crippen molar-refractivity contribution in [1.82, 2.24) is 0 Å². The van der Waals surface area contributed by atoms with Crippen LogP contribution in [0.1, 0.15) is 46.7 Å². The molecule has 0 nitrogen and oxygen atoms in total. The molecule has 0 spiro atoms. The van der Waals surface area contributed by atoms with Crippen LogP contribution in [0.15, 0.2) is 78.9 Å². The summed E-state index contributed by atoms with van der Waals surface area (Å²) in [6.45, 7) is 4.06. The summed E-state index contributed by atoms with van der Waals surface area (Å²) in [6.07, 6.45) is 6.30. The van der Waals surface area contributed by atoms with Crippen molar-refractivity contribution in [3.63, 3.8) is 0 Å². The van der Waals surface area contributed by atoms with Crippen LogP contribution in [0, 0.1) is 36.4 Å². The second kappa shape index (κ2) is 10.1. The monoisotopic (exact) mass is 378 g/mol. The summed E-state index contributed by atoms with van der Waals surface area (Å²) >= 11 is 0. The van der Waals surface area contributed by atoms with E-state index in [1.54, 1.807) is 12.1 Å². The first kappa shape index (κ1) is 20.2. The summed E-state index contributed by atoms with van der Waals surface area (Å²) in [5.74, 6) is 11.7. The van der Waals surface area contributed by atoms with Gasteiger partial charge in [-0.15, -0.1) is 0 Å². The average Bonchev–Trinajstić information content (AvgIpc) is 2.74. The molecule has 0 bridgehead atoms. The normalized spacial score (nSPS) is 10.2. The van der Waals surface area contributed by atoms with Crippen molar-refractivity contribution in [2.75, 3.05) is 0 Å². The number of aryl methyl sites for hydroxylation is 2. The Morgan fingerprint density at radius 3 is 2.00 bits per heavy atom. The molecule has 0 unspecified atom stereocenters. The van der Waals surface area contributed by atoms with E-state index in [9.17, 15) is 4.39 Å². The molecule has 0 saturated carbocycles. The second-order valence-electron chi connectivity index (χ2n) is 6.87. The Kier molecular flexibility index (Phi) is 7.05. The lowest BCUT2D eigenvalue weighted by Gasteiger charge is -1.99. The highest BCUT2D eigenvalue weighted by Crippen LogP contribution is 2.11. The van der Waals surface area contributed by atoms with Crippen LogP contribution in [0.2, 0.25) is 0 Å². The molecule has 0 fully saturated rings. The van der Waals surface area contributed by atoms with Crippen molar-refractivity contribution < 1.29 is 4.39 Å². The van der Waals surface area contributed by atoms with Crippen LogP contribution >= 0.6 is 0 Å². The number of hydrogen-bond donors (Lipinski definition) is 0. The molecule has 0 aliphatic carbocycles. The molecule has 0 aromatic heterocycles. The van der Waals surface area contributed by atoms with Crippen molar-refractivity contribution in [1.29, 1.82) is 0 Å². The Balaban J connectivity index is 1.69. The van der Waals surface area contributed by atoms with Crippen LogP contribution in [0.5, 0.6) is 0 Å². The highest BCUT2D eigenvalue weighted by atomic mass is 19.1. The SMILES string of the molecule is CC=CCCc1ccc(C#Cc2ccc(C#Cc3ccc(C)cc3)c(F)c2)cc1. The van der Waals surface area contributed by atoms with E-state index in [1.807, 2.05) is 50.2 Å². The summed E-state index contributed by atoms with van der Waals surface area (Å²) < 4.78 is 14.4. The van der Waals surface area contributed by atoms with Crippen molar-refractivity contribution >= 4 is 0 Å². The standard InChI is InChI=1S/C28H23F/c1-3-4-5-6-23-11-13-25(14-12-23)15-16-26-18-20-27(28(29)21-26)19-17-24-9-7-22(2)8-10-24/h3-4,7-14,18,20-21H,5-6H2,1-2H3. The first-order valence-electron chi connectivity index (χ1n) is 9.74. The van der Waals surface area contributed by atoms with E-state index in [-0.39, 0.29) is 5.82 Å². The third-order valence-corrected chi connectivity index (χ3v) is 4.50. The van der Waals surface area contributed by atoms with Gasteiger partial charge in [-0.3, -0.25) is 0 Å². The van der Waals surface area contributed by atoms with Gasteiger partial charge < -0.3 is 0 Å². The molecule has 0 atom stereocenters. The fourth-order valence-corrected chi connectivity index (χ4v) is 2.79. The van der Waals surface area contributed by atoms with E-state index in [0.29, 0.717) is 11.1 Å². The topological polar surface area (TPSA) is 0 Å². The summed E-state index contributed by atoms with van der Waals surface area (Å²) in [4.78, 5) is 0. The fourth-order valence-electron chi connectivity index (χ4n) is 2.79. The minimum absolute atomic E-state index is 0.351. The number of rotatable bonds is 3. The lowest BCUT2D eigenvalue weighted by molar-refractivity contribution is 0.624. The van der Waals surface area contributed by atoms with Crippen LogP contribution in [0.3, 0.4) is 0 Å². The van der Waals surface area contributed by atoms with Gasteiger partial charge in [0.25, 0.3) is 0 Å². The van der Waals surface area contributed by atoms with Crippen LogP contribution in [0.4, 0.5) is 4.39 Å². The van der Waals surface area contributed by atoms with E-state index >= 15 is 0 Å². The number of benzene rings is 3. The van der Waals surface area contributed by atoms with E-state index in [4.69, 9.17) is 0 Å². The second-order valence-corrected chi connectivity index (χ2v) is 6.87. The summed E-state index contributed by atoms with van der Waals surface area (Å²) in [5.41, 5.74) is 5.27. The Morgan fingerprint density at radius 1 is 0.759 bits per heavy atom. The van der Waals surface area contributed by atoms with Gasteiger partial charge in [0.2, 0.25) is 0 Å². The molecule has 142 valence electrons. The molecule has 3 aromatic carbocycles. The zero-order valence-corrected chi connectivity index (χ0v) is 16.8. The third kappa shape index (κ3) is 6.24. The maximum Gasteiger partial charge on any atom is 0.140 e. The Morgan fingerprint density at radius 2 is 1.34 bits per heavy atom. The first-order chi connectivity index (χ1) is 14.1. The van der Waals surface area contributed by atoms with Gasteiger partial charge in [0.15, 0.2) is 0 Å². The van der Waals surface area contributed by atoms with Crippen molar-refractivity contribution in [2.24, 2.45) is 0 Å². The molecule has 0 amide bonds. The number of hydrogen-bond acceptors (Lipinski definition) is 0. The van der Waals surface area contributed by atoms with Gasteiger partial charge in [-0.2, -0.15) is 0 Å². The quantitative estimate of drug-likeness (QED) is 0.363.